The number of halogens is 4. The number of ether oxygens (including phenoxy) is 1. The third kappa shape index (κ3) is 4.96. The second kappa shape index (κ2) is 10.3. The standard InChI is InChI=1S/C26H28F4N8O2/c1-35-7-9-36(10-8-35)20-12-22-21(11-19(20)27)37(25(39)38(22)18-3-2-6-31-14-18)15-17-5-4-16(13-32-17)23-33-34-24(40-23)26(28,29)30/h2-6,11,13-14,20-23,33H,7-10,12,15H2,1H3. The summed E-state index contributed by atoms with van der Waals surface area (Å²) in [5, 5.41) is 3.19. The largest absolute Gasteiger partial charge is 0.470 e. The number of hydrogen-bond donors (Lipinski definition) is 1. The summed E-state index contributed by atoms with van der Waals surface area (Å²) in [5.41, 5.74) is 3.77. The number of alkyl halides is 3. The highest BCUT2D eigenvalue weighted by Crippen LogP contribution is 2.39. The van der Waals surface area contributed by atoms with Crippen LogP contribution in [0.4, 0.5) is 28.0 Å². The second-order valence-electron chi connectivity index (χ2n) is 10.3. The van der Waals surface area contributed by atoms with E-state index in [1.54, 1.807) is 46.5 Å². The number of nitrogens with one attached hydrogen (secondary N) is 1. The Labute approximate surface area is 227 Å². The van der Waals surface area contributed by atoms with Crippen LogP contribution < -0.4 is 10.3 Å². The predicted molar refractivity (Wildman–Crippen MR) is 137 cm³/mol. The van der Waals surface area contributed by atoms with Crippen molar-refractivity contribution in [1.29, 1.82) is 0 Å². The molecule has 4 aliphatic rings. The van der Waals surface area contributed by atoms with Gasteiger partial charge in [-0.15, -0.1) is 5.10 Å². The molecule has 2 aromatic heterocycles. The highest BCUT2D eigenvalue weighted by Gasteiger charge is 2.50. The number of piperazine rings is 1. The Balaban J connectivity index is 1.23. The van der Waals surface area contributed by atoms with E-state index in [9.17, 15) is 18.0 Å². The number of anilines is 1. The first-order chi connectivity index (χ1) is 19.2. The monoisotopic (exact) mass is 560 g/mol. The van der Waals surface area contributed by atoms with Crippen molar-refractivity contribution in [3.05, 3.63) is 66.0 Å². The van der Waals surface area contributed by atoms with Gasteiger partial charge in [-0.2, -0.15) is 13.2 Å². The minimum absolute atomic E-state index is 0.0866. The number of urea groups is 1. The summed E-state index contributed by atoms with van der Waals surface area (Å²) in [6, 6.07) is 5.19. The number of pyridine rings is 2. The number of fused-ring (bicyclic) bond motifs is 1. The molecule has 4 atom stereocenters. The van der Waals surface area contributed by atoms with E-state index < -0.39 is 30.4 Å². The zero-order chi connectivity index (χ0) is 28.0. The molecule has 5 heterocycles. The van der Waals surface area contributed by atoms with Crippen LogP contribution in [-0.2, 0) is 11.3 Å². The number of likely N-dealkylation sites (N-methyl/N-ethyl adjacent to an activating group) is 1. The molecule has 2 saturated heterocycles. The van der Waals surface area contributed by atoms with Gasteiger partial charge in [0.25, 0.3) is 0 Å². The third-order valence-electron chi connectivity index (χ3n) is 7.79. The van der Waals surface area contributed by atoms with Crippen molar-refractivity contribution < 1.29 is 27.1 Å². The van der Waals surface area contributed by atoms with E-state index in [4.69, 9.17) is 4.74 Å². The molecule has 0 radical (unpaired) electrons. The van der Waals surface area contributed by atoms with E-state index in [1.807, 2.05) is 13.1 Å². The van der Waals surface area contributed by atoms with Gasteiger partial charge in [-0.3, -0.25) is 25.2 Å². The number of rotatable bonds is 5. The van der Waals surface area contributed by atoms with Gasteiger partial charge in [-0.05, 0) is 43.8 Å². The van der Waals surface area contributed by atoms with Crippen LogP contribution in [0.3, 0.4) is 0 Å². The number of nitrogens with zero attached hydrogens (tertiary/aromatic N) is 7. The van der Waals surface area contributed by atoms with Gasteiger partial charge in [0.2, 0.25) is 6.23 Å². The highest BCUT2D eigenvalue weighted by molar-refractivity contribution is 5.96. The van der Waals surface area contributed by atoms with Crippen molar-refractivity contribution in [2.45, 2.75) is 43.5 Å². The molecule has 40 heavy (non-hydrogen) atoms. The molecule has 10 nitrogen and oxygen atoms in total. The van der Waals surface area contributed by atoms with Gasteiger partial charge in [0.1, 0.15) is 5.83 Å². The summed E-state index contributed by atoms with van der Waals surface area (Å²) >= 11 is 0. The van der Waals surface area contributed by atoms with E-state index >= 15 is 4.39 Å². The molecule has 0 bridgehead atoms. The fraction of sp³-hybridized carbons (Fsp3) is 0.462. The van der Waals surface area contributed by atoms with Crippen LogP contribution >= 0.6 is 0 Å². The Bertz CT molecular complexity index is 1300. The third-order valence-corrected chi connectivity index (χ3v) is 7.79. The zero-order valence-corrected chi connectivity index (χ0v) is 21.6. The summed E-state index contributed by atoms with van der Waals surface area (Å²) in [6.07, 6.45) is 0.784. The Kier molecular flexibility index (Phi) is 6.82. The van der Waals surface area contributed by atoms with E-state index in [2.05, 4.69) is 30.3 Å². The van der Waals surface area contributed by atoms with Gasteiger partial charge >= 0.3 is 18.1 Å². The Morgan fingerprint density at radius 3 is 2.58 bits per heavy atom. The van der Waals surface area contributed by atoms with E-state index in [-0.39, 0.29) is 24.4 Å². The number of hydrazone groups is 1. The van der Waals surface area contributed by atoms with Gasteiger partial charge in [0.15, 0.2) is 0 Å². The molecule has 1 aliphatic carbocycles. The Morgan fingerprint density at radius 2 is 1.93 bits per heavy atom. The predicted octanol–water partition coefficient (Wildman–Crippen LogP) is 3.02. The molecular formula is C26H28F4N8O2. The SMILES string of the molecule is CN1CCN(C2CC3C(C=C2F)N(Cc2ccc(C4NN=C(C(F)(F)F)O4)cn2)C(=O)N3c2cccnc2)CC1. The van der Waals surface area contributed by atoms with Gasteiger partial charge in [-0.1, -0.05) is 0 Å². The molecule has 2 amide bonds. The van der Waals surface area contributed by atoms with E-state index in [0.29, 0.717) is 23.4 Å². The van der Waals surface area contributed by atoms with Gasteiger partial charge in [0.05, 0.1) is 42.2 Å². The maximum Gasteiger partial charge on any atom is 0.470 e. The molecule has 0 saturated carbocycles. The Morgan fingerprint density at radius 1 is 1.12 bits per heavy atom. The number of carbonyl (C=O) groups excluding carboxylic acids is 1. The average molecular weight is 561 g/mol. The molecule has 212 valence electrons. The fourth-order valence-corrected chi connectivity index (χ4v) is 5.67. The van der Waals surface area contributed by atoms with Gasteiger partial charge < -0.3 is 14.5 Å². The van der Waals surface area contributed by atoms with Crippen LogP contribution in [-0.4, -0.2) is 94.1 Å². The minimum atomic E-state index is -4.70. The first kappa shape index (κ1) is 26.4. The minimum Gasteiger partial charge on any atom is -0.443 e. The first-order valence-corrected chi connectivity index (χ1v) is 13.0. The van der Waals surface area contributed by atoms with Crippen molar-refractivity contribution in [2.24, 2.45) is 5.10 Å². The molecular weight excluding hydrogens is 532 g/mol. The van der Waals surface area contributed by atoms with Crippen LogP contribution in [0.15, 0.2) is 59.9 Å². The van der Waals surface area contributed by atoms with Crippen LogP contribution in [0.1, 0.15) is 23.9 Å². The molecule has 1 N–H and O–H groups in total. The van der Waals surface area contributed by atoms with Gasteiger partial charge in [-0.25, -0.2) is 9.18 Å². The molecule has 3 aliphatic heterocycles. The van der Waals surface area contributed by atoms with Crippen LogP contribution in [0.25, 0.3) is 0 Å². The zero-order valence-electron chi connectivity index (χ0n) is 21.6. The number of carbonyl (C=O) groups is 1. The number of aromatic nitrogens is 2. The maximum atomic E-state index is 15.6. The quantitative estimate of drug-likeness (QED) is 0.563. The Hall–Kier alpha value is -3.78. The summed E-state index contributed by atoms with van der Waals surface area (Å²) in [5.74, 6) is -1.60. The first-order valence-electron chi connectivity index (χ1n) is 13.0. The lowest BCUT2D eigenvalue weighted by molar-refractivity contribution is -0.0796. The normalized spacial score (nSPS) is 27.7. The summed E-state index contributed by atoms with van der Waals surface area (Å²) in [6.45, 7) is 3.28. The smallest absolute Gasteiger partial charge is 0.443 e. The van der Waals surface area contributed by atoms with Crippen LogP contribution in [0, 0.1) is 0 Å². The summed E-state index contributed by atoms with van der Waals surface area (Å²) in [7, 11) is 2.05. The molecule has 2 fully saturated rings. The summed E-state index contributed by atoms with van der Waals surface area (Å²) < 4.78 is 59.0. The van der Waals surface area contributed by atoms with Gasteiger partial charge in [0, 0.05) is 44.1 Å². The van der Waals surface area contributed by atoms with Crippen LogP contribution in [0.2, 0.25) is 0 Å². The lowest BCUT2D eigenvalue weighted by atomic mass is 9.90. The molecule has 2 aromatic rings. The fourth-order valence-electron chi connectivity index (χ4n) is 5.67. The van der Waals surface area contributed by atoms with Crippen molar-refractivity contribution in [1.82, 2.24) is 30.1 Å². The van der Waals surface area contributed by atoms with Crippen molar-refractivity contribution in [2.75, 3.05) is 38.1 Å². The second-order valence-corrected chi connectivity index (χ2v) is 10.3. The van der Waals surface area contributed by atoms with Crippen LogP contribution in [0.5, 0.6) is 0 Å². The van der Waals surface area contributed by atoms with Crippen molar-refractivity contribution in [3.63, 3.8) is 0 Å². The van der Waals surface area contributed by atoms with Crippen molar-refractivity contribution >= 4 is 17.6 Å². The summed E-state index contributed by atoms with van der Waals surface area (Å²) in [4.78, 5) is 29.9. The average Bonchev–Trinajstić information content (AvgIpc) is 3.54. The number of amides is 2. The van der Waals surface area contributed by atoms with E-state index in [1.165, 1.54) is 6.20 Å². The molecule has 0 aromatic carbocycles. The topological polar surface area (TPSA) is 89.4 Å². The number of hydrogen-bond acceptors (Lipinski definition) is 8. The molecule has 14 heteroatoms. The lowest BCUT2D eigenvalue weighted by Gasteiger charge is -2.41. The lowest BCUT2D eigenvalue weighted by Crippen LogP contribution is -2.53. The molecule has 4 unspecified atom stereocenters. The van der Waals surface area contributed by atoms with E-state index in [0.717, 1.165) is 26.2 Å². The molecule has 0 spiro atoms. The highest BCUT2D eigenvalue weighted by atomic mass is 19.4. The molecule has 6 rings (SSSR count). The maximum absolute atomic E-state index is 15.6. The van der Waals surface area contributed by atoms with Crippen molar-refractivity contribution in [3.8, 4) is 0 Å².